The van der Waals surface area contributed by atoms with Crippen molar-refractivity contribution in [1.82, 2.24) is 0 Å². The van der Waals surface area contributed by atoms with Gasteiger partial charge in [0.25, 0.3) is 0 Å². The maximum absolute atomic E-state index is 10.3. The average Bonchev–Trinajstić information content (AvgIpc) is 2.91. The van der Waals surface area contributed by atoms with E-state index < -0.39 is 0 Å². The topological polar surface area (TPSA) is 29.5 Å². The van der Waals surface area contributed by atoms with Crippen molar-refractivity contribution in [2.45, 2.75) is 90.8 Å². The van der Waals surface area contributed by atoms with Gasteiger partial charge in [0.2, 0.25) is 0 Å². The molecule has 0 spiro atoms. The molecule has 0 aromatic rings. The first-order valence-corrected chi connectivity index (χ1v) is 10.6. The van der Waals surface area contributed by atoms with Gasteiger partial charge in [0, 0.05) is 7.11 Å². The lowest BCUT2D eigenvalue weighted by Gasteiger charge is -2.61. The van der Waals surface area contributed by atoms with Crippen molar-refractivity contribution < 1.29 is 9.84 Å². The molecule has 24 heavy (non-hydrogen) atoms. The molecule has 4 saturated carbocycles. The number of hydrogen-bond acceptors (Lipinski definition) is 2. The largest absolute Gasteiger partial charge is 0.393 e. The molecule has 1 N–H and O–H groups in total. The van der Waals surface area contributed by atoms with Crippen molar-refractivity contribution in [2.24, 2.45) is 40.4 Å². The van der Waals surface area contributed by atoms with E-state index in [2.05, 4.69) is 13.8 Å². The second-order valence-corrected chi connectivity index (χ2v) is 10.3. The summed E-state index contributed by atoms with van der Waals surface area (Å²) in [6, 6.07) is 0. The van der Waals surface area contributed by atoms with Gasteiger partial charge in [0.05, 0.1) is 12.2 Å². The van der Waals surface area contributed by atoms with Crippen LogP contribution < -0.4 is 0 Å². The molecule has 0 bridgehead atoms. The van der Waals surface area contributed by atoms with E-state index in [-0.39, 0.29) is 6.10 Å². The number of aliphatic hydroxyl groups excluding tert-OH is 1. The molecular formula is C22H38O2. The first-order chi connectivity index (χ1) is 11.4. The van der Waals surface area contributed by atoms with E-state index >= 15 is 0 Å². The molecule has 0 aliphatic heterocycles. The Kier molecular flexibility index (Phi) is 4.32. The quantitative estimate of drug-likeness (QED) is 0.766. The summed E-state index contributed by atoms with van der Waals surface area (Å²) in [5.41, 5.74) is 0.963. The normalized spacial score (nSPS) is 55.4. The van der Waals surface area contributed by atoms with Crippen molar-refractivity contribution in [3.05, 3.63) is 0 Å². The second-order valence-electron chi connectivity index (χ2n) is 10.3. The van der Waals surface area contributed by atoms with Crippen LogP contribution in [0.15, 0.2) is 0 Å². The predicted molar refractivity (Wildman–Crippen MR) is 97.7 cm³/mol. The van der Waals surface area contributed by atoms with Crippen LogP contribution in [0.1, 0.15) is 78.6 Å². The van der Waals surface area contributed by atoms with Crippen LogP contribution in [0.2, 0.25) is 0 Å². The van der Waals surface area contributed by atoms with Crippen LogP contribution in [0.4, 0.5) is 0 Å². The van der Waals surface area contributed by atoms with E-state index in [0.29, 0.717) is 22.9 Å². The molecule has 0 aromatic heterocycles. The summed E-state index contributed by atoms with van der Waals surface area (Å²) >= 11 is 0. The SMILES string of the molecule is CO[C@H]1CC[C@@]2(C)[C@@H](CC[C@@H]3[C@@H]2CC[C@]2(C)[C@@H](C(C)O)CC[C@@H]32)C1. The van der Waals surface area contributed by atoms with E-state index in [9.17, 15) is 5.11 Å². The second kappa shape index (κ2) is 5.98. The van der Waals surface area contributed by atoms with E-state index in [0.717, 1.165) is 23.7 Å². The minimum atomic E-state index is -0.124. The van der Waals surface area contributed by atoms with Gasteiger partial charge < -0.3 is 9.84 Å². The summed E-state index contributed by atoms with van der Waals surface area (Å²) in [6.45, 7) is 7.19. The molecule has 138 valence electrons. The smallest absolute Gasteiger partial charge is 0.0574 e. The summed E-state index contributed by atoms with van der Waals surface area (Å²) in [4.78, 5) is 0. The summed E-state index contributed by atoms with van der Waals surface area (Å²) in [5, 5.41) is 10.3. The highest BCUT2D eigenvalue weighted by atomic mass is 16.5. The van der Waals surface area contributed by atoms with E-state index in [4.69, 9.17) is 4.74 Å². The van der Waals surface area contributed by atoms with Gasteiger partial charge in [0.1, 0.15) is 0 Å². The fourth-order valence-electron chi connectivity index (χ4n) is 8.27. The highest BCUT2D eigenvalue weighted by Crippen LogP contribution is 2.67. The molecule has 0 aromatic carbocycles. The Bertz CT molecular complexity index is 475. The molecule has 4 aliphatic rings. The molecule has 2 heteroatoms. The highest BCUT2D eigenvalue weighted by Gasteiger charge is 2.60. The molecule has 4 rings (SSSR count). The van der Waals surface area contributed by atoms with Gasteiger partial charge in [-0.3, -0.25) is 0 Å². The lowest BCUT2D eigenvalue weighted by atomic mass is 9.44. The molecule has 1 unspecified atom stereocenters. The Morgan fingerprint density at radius 3 is 2.33 bits per heavy atom. The van der Waals surface area contributed by atoms with Crippen LogP contribution in [0.3, 0.4) is 0 Å². The maximum atomic E-state index is 10.3. The van der Waals surface area contributed by atoms with E-state index in [1.807, 2.05) is 14.0 Å². The van der Waals surface area contributed by atoms with Gasteiger partial charge in [-0.25, -0.2) is 0 Å². The number of hydrogen-bond donors (Lipinski definition) is 1. The van der Waals surface area contributed by atoms with Crippen molar-refractivity contribution >= 4 is 0 Å². The first kappa shape index (κ1) is 17.3. The van der Waals surface area contributed by atoms with E-state index in [1.165, 1.54) is 57.8 Å². The Labute approximate surface area is 148 Å². The molecule has 0 saturated heterocycles. The van der Waals surface area contributed by atoms with Gasteiger partial charge in [-0.1, -0.05) is 13.8 Å². The molecular weight excluding hydrogens is 296 g/mol. The Morgan fingerprint density at radius 1 is 0.917 bits per heavy atom. The molecule has 4 fully saturated rings. The summed E-state index contributed by atoms with van der Waals surface area (Å²) in [5.74, 6) is 4.15. The first-order valence-electron chi connectivity index (χ1n) is 10.6. The summed E-state index contributed by atoms with van der Waals surface area (Å²) in [6.07, 6.45) is 12.6. The predicted octanol–water partition coefficient (Wildman–Crippen LogP) is 5.04. The molecule has 0 amide bonds. The molecule has 0 heterocycles. The number of ether oxygens (including phenoxy) is 1. The van der Waals surface area contributed by atoms with Crippen molar-refractivity contribution in [3.8, 4) is 0 Å². The van der Waals surface area contributed by atoms with Gasteiger partial charge in [-0.15, -0.1) is 0 Å². The van der Waals surface area contributed by atoms with Crippen LogP contribution in [0.5, 0.6) is 0 Å². The van der Waals surface area contributed by atoms with Crippen molar-refractivity contribution in [1.29, 1.82) is 0 Å². The maximum Gasteiger partial charge on any atom is 0.0574 e. The molecule has 9 atom stereocenters. The zero-order valence-corrected chi connectivity index (χ0v) is 16.3. The Hall–Kier alpha value is -0.0800. The minimum absolute atomic E-state index is 0.124. The number of methoxy groups -OCH3 is 1. The third kappa shape index (κ3) is 2.35. The fraction of sp³-hybridized carbons (Fsp3) is 1.00. The third-order valence-electron chi connectivity index (χ3n) is 9.61. The number of rotatable bonds is 2. The lowest BCUT2D eigenvalue weighted by molar-refractivity contribution is -0.135. The fourth-order valence-corrected chi connectivity index (χ4v) is 8.27. The van der Waals surface area contributed by atoms with Crippen LogP contribution in [0, 0.1) is 40.4 Å². The zero-order chi connectivity index (χ0) is 17.1. The lowest BCUT2D eigenvalue weighted by Crippen LogP contribution is -2.54. The van der Waals surface area contributed by atoms with Crippen molar-refractivity contribution in [2.75, 3.05) is 7.11 Å². The summed E-state index contributed by atoms with van der Waals surface area (Å²) < 4.78 is 5.72. The average molecular weight is 335 g/mol. The number of fused-ring (bicyclic) bond motifs is 5. The van der Waals surface area contributed by atoms with Crippen molar-refractivity contribution in [3.63, 3.8) is 0 Å². The monoisotopic (exact) mass is 334 g/mol. The highest BCUT2D eigenvalue weighted by molar-refractivity contribution is 5.09. The van der Waals surface area contributed by atoms with Crippen LogP contribution in [0.25, 0.3) is 0 Å². The summed E-state index contributed by atoms with van der Waals surface area (Å²) in [7, 11) is 1.90. The van der Waals surface area contributed by atoms with Gasteiger partial charge >= 0.3 is 0 Å². The Morgan fingerprint density at radius 2 is 1.62 bits per heavy atom. The van der Waals surface area contributed by atoms with Gasteiger partial charge in [-0.2, -0.15) is 0 Å². The van der Waals surface area contributed by atoms with Crippen LogP contribution in [-0.2, 0) is 4.74 Å². The third-order valence-corrected chi connectivity index (χ3v) is 9.61. The standard InChI is InChI=1S/C22H38O2/c1-14(23)18-7-8-19-17-6-5-15-13-16(24-4)9-11-21(15,2)20(17)10-12-22(18,19)3/h14-20,23H,5-13H2,1-4H3/t14?,15-,16-,17-,18+,19-,20-,21-,22+/m0/s1. The van der Waals surface area contributed by atoms with Crippen LogP contribution in [-0.4, -0.2) is 24.4 Å². The molecule has 4 aliphatic carbocycles. The van der Waals surface area contributed by atoms with Crippen LogP contribution >= 0.6 is 0 Å². The number of aliphatic hydroxyl groups is 1. The van der Waals surface area contributed by atoms with E-state index in [1.54, 1.807) is 0 Å². The van der Waals surface area contributed by atoms with Gasteiger partial charge in [-0.05, 0) is 105 Å². The molecule has 0 radical (unpaired) electrons. The molecule has 2 nitrogen and oxygen atoms in total. The minimum Gasteiger partial charge on any atom is -0.393 e. The zero-order valence-electron chi connectivity index (χ0n) is 16.3. The van der Waals surface area contributed by atoms with Gasteiger partial charge in [0.15, 0.2) is 0 Å². The Balaban J connectivity index is 1.58.